The lowest BCUT2D eigenvalue weighted by Crippen LogP contribution is -2.07. The molecule has 17 heavy (non-hydrogen) atoms. The smallest absolute Gasteiger partial charge is 0.248 e. The SMILES string of the molecule is CC=CC(=O)Nc1ccc2c(c1)OCCCO2. The quantitative estimate of drug-likeness (QED) is 0.798. The Hall–Kier alpha value is -1.97. The van der Waals surface area contributed by atoms with E-state index in [-0.39, 0.29) is 5.91 Å². The molecule has 2 rings (SSSR count). The summed E-state index contributed by atoms with van der Waals surface area (Å²) in [6.45, 7) is 3.10. The number of benzene rings is 1. The fourth-order valence-electron chi connectivity index (χ4n) is 1.58. The maximum Gasteiger partial charge on any atom is 0.248 e. The van der Waals surface area contributed by atoms with Crippen LogP contribution in [0, 0.1) is 0 Å². The molecule has 0 aromatic heterocycles. The van der Waals surface area contributed by atoms with E-state index < -0.39 is 0 Å². The summed E-state index contributed by atoms with van der Waals surface area (Å²) in [5.74, 6) is 1.26. The number of amides is 1. The van der Waals surface area contributed by atoms with Gasteiger partial charge in [-0.3, -0.25) is 4.79 Å². The molecule has 1 aromatic rings. The highest BCUT2D eigenvalue weighted by Crippen LogP contribution is 2.32. The number of nitrogens with one attached hydrogen (secondary N) is 1. The van der Waals surface area contributed by atoms with Crippen LogP contribution >= 0.6 is 0 Å². The topological polar surface area (TPSA) is 47.6 Å². The maximum absolute atomic E-state index is 11.4. The van der Waals surface area contributed by atoms with Gasteiger partial charge < -0.3 is 14.8 Å². The van der Waals surface area contributed by atoms with E-state index in [2.05, 4.69) is 5.32 Å². The first kappa shape index (κ1) is 11.5. The molecular weight excluding hydrogens is 218 g/mol. The van der Waals surface area contributed by atoms with Gasteiger partial charge in [0.1, 0.15) is 0 Å². The molecule has 0 atom stereocenters. The standard InChI is InChI=1S/C13H15NO3/c1-2-4-13(15)14-10-5-6-11-12(9-10)17-8-3-7-16-11/h2,4-6,9H,3,7-8H2,1H3,(H,14,15). The van der Waals surface area contributed by atoms with Crippen molar-refractivity contribution in [3.05, 3.63) is 30.4 Å². The first-order valence-electron chi connectivity index (χ1n) is 5.63. The van der Waals surface area contributed by atoms with Crippen molar-refractivity contribution in [2.45, 2.75) is 13.3 Å². The van der Waals surface area contributed by atoms with Crippen LogP contribution in [0.25, 0.3) is 0 Å². The number of carbonyl (C=O) groups excluding carboxylic acids is 1. The number of allylic oxidation sites excluding steroid dienone is 1. The van der Waals surface area contributed by atoms with Crippen LogP contribution in [0.4, 0.5) is 5.69 Å². The minimum Gasteiger partial charge on any atom is -0.490 e. The molecule has 1 heterocycles. The highest BCUT2D eigenvalue weighted by Gasteiger charge is 2.10. The second-order valence-corrected chi connectivity index (χ2v) is 3.70. The van der Waals surface area contributed by atoms with Gasteiger partial charge in [0.25, 0.3) is 0 Å². The van der Waals surface area contributed by atoms with E-state index in [9.17, 15) is 4.79 Å². The van der Waals surface area contributed by atoms with Crippen molar-refractivity contribution >= 4 is 11.6 Å². The average Bonchev–Trinajstić information content (AvgIpc) is 2.53. The first-order valence-corrected chi connectivity index (χ1v) is 5.63. The second-order valence-electron chi connectivity index (χ2n) is 3.70. The summed E-state index contributed by atoms with van der Waals surface area (Å²) in [5.41, 5.74) is 0.706. The zero-order valence-corrected chi connectivity index (χ0v) is 9.73. The van der Waals surface area contributed by atoms with Crippen LogP contribution in [0.2, 0.25) is 0 Å². The van der Waals surface area contributed by atoms with Crippen LogP contribution in [0.3, 0.4) is 0 Å². The largest absolute Gasteiger partial charge is 0.490 e. The van der Waals surface area contributed by atoms with E-state index >= 15 is 0 Å². The molecule has 0 radical (unpaired) electrons. The zero-order chi connectivity index (χ0) is 12.1. The van der Waals surface area contributed by atoms with E-state index in [0.717, 1.165) is 12.2 Å². The number of rotatable bonds is 2. The van der Waals surface area contributed by atoms with Crippen LogP contribution in [-0.4, -0.2) is 19.1 Å². The van der Waals surface area contributed by atoms with Gasteiger partial charge in [-0.15, -0.1) is 0 Å². The Morgan fingerprint density at radius 3 is 2.82 bits per heavy atom. The van der Waals surface area contributed by atoms with Crippen molar-refractivity contribution in [3.8, 4) is 11.5 Å². The van der Waals surface area contributed by atoms with Crippen molar-refractivity contribution in [1.82, 2.24) is 0 Å². The summed E-state index contributed by atoms with van der Waals surface area (Å²) in [4.78, 5) is 11.4. The molecule has 1 aliphatic heterocycles. The van der Waals surface area contributed by atoms with Crippen molar-refractivity contribution in [2.24, 2.45) is 0 Å². The monoisotopic (exact) mass is 233 g/mol. The van der Waals surface area contributed by atoms with E-state index in [1.807, 2.05) is 6.07 Å². The van der Waals surface area contributed by atoms with Crippen molar-refractivity contribution < 1.29 is 14.3 Å². The summed E-state index contributed by atoms with van der Waals surface area (Å²) in [7, 11) is 0. The maximum atomic E-state index is 11.4. The van der Waals surface area contributed by atoms with Gasteiger partial charge in [0.15, 0.2) is 11.5 Å². The van der Waals surface area contributed by atoms with E-state index in [1.165, 1.54) is 6.08 Å². The Kier molecular flexibility index (Phi) is 3.65. The molecule has 0 spiro atoms. The molecule has 1 amide bonds. The number of hydrogen-bond donors (Lipinski definition) is 1. The van der Waals surface area contributed by atoms with Gasteiger partial charge in [-0.2, -0.15) is 0 Å². The third-order valence-electron chi connectivity index (χ3n) is 2.33. The minimum absolute atomic E-state index is 0.151. The molecule has 90 valence electrons. The highest BCUT2D eigenvalue weighted by atomic mass is 16.5. The molecule has 0 fully saturated rings. The Morgan fingerprint density at radius 1 is 1.29 bits per heavy atom. The molecule has 4 nitrogen and oxygen atoms in total. The van der Waals surface area contributed by atoms with Gasteiger partial charge in [-0.1, -0.05) is 6.08 Å². The number of fused-ring (bicyclic) bond motifs is 1. The summed E-state index contributed by atoms with van der Waals surface area (Å²) in [6.07, 6.45) is 4.04. The van der Waals surface area contributed by atoms with Crippen molar-refractivity contribution in [3.63, 3.8) is 0 Å². The molecule has 0 saturated heterocycles. The fraction of sp³-hybridized carbons (Fsp3) is 0.308. The van der Waals surface area contributed by atoms with Gasteiger partial charge in [0, 0.05) is 18.2 Å². The Labute approximate surface area is 100 Å². The van der Waals surface area contributed by atoms with Crippen LogP contribution in [0.1, 0.15) is 13.3 Å². The van der Waals surface area contributed by atoms with Crippen molar-refractivity contribution in [2.75, 3.05) is 18.5 Å². The fourth-order valence-corrected chi connectivity index (χ4v) is 1.58. The molecule has 0 bridgehead atoms. The van der Waals surface area contributed by atoms with Gasteiger partial charge in [0.05, 0.1) is 13.2 Å². The summed E-state index contributed by atoms with van der Waals surface area (Å²) in [6, 6.07) is 5.39. The average molecular weight is 233 g/mol. The van der Waals surface area contributed by atoms with Gasteiger partial charge in [-0.25, -0.2) is 0 Å². The van der Waals surface area contributed by atoms with E-state index in [4.69, 9.17) is 9.47 Å². The van der Waals surface area contributed by atoms with Gasteiger partial charge in [-0.05, 0) is 25.1 Å². The summed E-state index contributed by atoms with van der Waals surface area (Å²) < 4.78 is 11.0. The Bertz CT molecular complexity index is 440. The highest BCUT2D eigenvalue weighted by molar-refractivity contribution is 5.99. The van der Waals surface area contributed by atoms with Crippen LogP contribution in [0.15, 0.2) is 30.4 Å². The third-order valence-corrected chi connectivity index (χ3v) is 2.33. The summed E-state index contributed by atoms with van der Waals surface area (Å²) >= 11 is 0. The molecule has 1 aromatic carbocycles. The first-order chi connectivity index (χ1) is 8.29. The van der Waals surface area contributed by atoms with Crippen LogP contribution in [-0.2, 0) is 4.79 Å². The van der Waals surface area contributed by atoms with E-state index in [0.29, 0.717) is 24.7 Å². The Balaban J connectivity index is 2.15. The van der Waals surface area contributed by atoms with Crippen molar-refractivity contribution in [1.29, 1.82) is 0 Å². The molecule has 0 saturated carbocycles. The molecule has 0 aliphatic carbocycles. The number of carbonyl (C=O) groups is 1. The van der Waals surface area contributed by atoms with E-state index in [1.54, 1.807) is 25.1 Å². The Morgan fingerprint density at radius 2 is 2.06 bits per heavy atom. The lowest BCUT2D eigenvalue weighted by molar-refractivity contribution is -0.111. The number of anilines is 1. The molecular formula is C13H15NO3. The lowest BCUT2D eigenvalue weighted by atomic mass is 10.2. The predicted octanol–water partition coefficient (Wildman–Crippen LogP) is 2.36. The third kappa shape index (κ3) is 3.00. The van der Waals surface area contributed by atoms with Crippen LogP contribution in [0.5, 0.6) is 11.5 Å². The lowest BCUT2D eigenvalue weighted by Gasteiger charge is -2.09. The summed E-state index contributed by atoms with van der Waals surface area (Å²) in [5, 5.41) is 2.75. The van der Waals surface area contributed by atoms with Gasteiger partial charge >= 0.3 is 0 Å². The molecule has 1 N–H and O–H groups in total. The molecule has 0 unspecified atom stereocenters. The second kappa shape index (κ2) is 5.39. The zero-order valence-electron chi connectivity index (χ0n) is 9.73. The van der Waals surface area contributed by atoms with Crippen LogP contribution < -0.4 is 14.8 Å². The minimum atomic E-state index is -0.151. The number of ether oxygens (including phenoxy) is 2. The number of hydrogen-bond acceptors (Lipinski definition) is 3. The molecule has 1 aliphatic rings. The normalized spacial score (nSPS) is 14.4. The van der Waals surface area contributed by atoms with Gasteiger partial charge in [0.2, 0.25) is 5.91 Å². The molecule has 4 heteroatoms. The predicted molar refractivity (Wildman–Crippen MR) is 65.5 cm³/mol.